The number of hydrogen-bond donors (Lipinski definition) is 0. The average Bonchev–Trinajstić information content (AvgIpc) is 2.71. The van der Waals surface area contributed by atoms with Gasteiger partial charge in [0.2, 0.25) is 0 Å². The summed E-state index contributed by atoms with van der Waals surface area (Å²) in [5.41, 5.74) is 2.22. The molecule has 78 valence electrons. The smallest absolute Gasteiger partial charge is 0.153 e. The summed E-state index contributed by atoms with van der Waals surface area (Å²) in [5, 5.41) is 13.0. The number of hydrogen-bond acceptors (Lipinski definition) is 3. The lowest BCUT2D eigenvalue weighted by Crippen LogP contribution is -1.97. The van der Waals surface area contributed by atoms with Crippen molar-refractivity contribution in [2.24, 2.45) is 0 Å². The van der Waals surface area contributed by atoms with Crippen LogP contribution >= 0.6 is 0 Å². The van der Waals surface area contributed by atoms with Crippen molar-refractivity contribution in [3.8, 4) is 11.9 Å². The Morgan fingerprint density at radius 3 is 2.81 bits per heavy atom. The van der Waals surface area contributed by atoms with E-state index in [2.05, 4.69) is 22.7 Å². The summed E-state index contributed by atoms with van der Waals surface area (Å²) in [4.78, 5) is 4.23. The second-order valence-electron chi connectivity index (χ2n) is 3.34. The highest BCUT2D eigenvalue weighted by Gasteiger charge is 2.05. The van der Waals surface area contributed by atoms with Crippen molar-refractivity contribution in [2.75, 3.05) is 0 Å². The SMILES string of the molecule is C=Cc1ccc(-n2cc(C#N)c(C)n2)nc1. The summed E-state index contributed by atoms with van der Waals surface area (Å²) >= 11 is 0. The van der Waals surface area contributed by atoms with E-state index in [1.807, 2.05) is 12.1 Å². The number of aryl methyl sites for hydroxylation is 1. The minimum atomic E-state index is 0.564. The maximum absolute atomic E-state index is 8.82. The molecule has 0 radical (unpaired) electrons. The highest BCUT2D eigenvalue weighted by atomic mass is 15.3. The number of nitrogens with zero attached hydrogens (tertiary/aromatic N) is 4. The Labute approximate surface area is 93.5 Å². The molecule has 0 aliphatic rings. The van der Waals surface area contributed by atoms with Crippen LogP contribution in [0.25, 0.3) is 11.9 Å². The monoisotopic (exact) mass is 210 g/mol. The second kappa shape index (κ2) is 3.99. The van der Waals surface area contributed by atoms with Crippen LogP contribution in [0.4, 0.5) is 0 Å². The Morgan fingerprint density at radius 1 is 1.50 bits per heavy atom. The molecule has 0 N–H and O–H groups in total. The fraction of sp³-hybridized carbons (Fsp3) is 0.0833. The third-order valence-corrected chi connectivity index (χ3v) is 2.26. The number of rotatable bonds is 2. The normalized spacial score (nSPS) is 9.75. The molecule has 0 saturated heterocycles. The molecule has 0 spiro atoms. The van der Waals surface area contributed by atoms with Gasteiger partial charge in [0.15, 0.2) is 5.82 Å². The zero-order chi connectivity index (χ0) is 11.5. The van der Waals surface area contributed by atoms with Crippen LogP contribution < -0.4 is 0 Å². The fourth-order valence-corrected chi connectivity index (χ4v) is 1.34. The summed E-state index contributed by atoms with van der Waals surface area (Å²) in [5.74, 6) is 0.690. The first kappa shape index (κ1) is 10.1. The third kappa shape index (κ3) is 1.71. The van der Waals surface area contributed by atoms with E-state index < -0.39 is 0 Å². The zero-order valence-electron chi connectivity index (χ0n) is 8.88. The standard InChI is InChI=1S/C12H10N4/c1-3-10-4-5-12(14-7-10)16-8-11(6-13)9(2)15-16/h3-5,7-8H,1H2,2H3. The molecule has 0 saturated carbocycles. The van der Waals surface area contributed by atoms with Crippen LogP contribution in [0.5, 0.6) is 0 Å². The van der Waals surface area contributed by atoms with Gasteiger partial charge in [0.1, 0.15) is 6.07 Å². The summed E-state index contributed by atoms with van der Waals surface area (Å²) in [6.07, 6.45) is 5.11. The first-order chi connectivity index (χ1) is 7.74. The van der Waals surface area contributed by atoms with Gasteiger partial charge in [0, 0.05) is 6.20 Å². The van der Waals surface area contributed by atoms with Crippen LogP contribution in [0.2, 0.25) is 0 Å². The van der Waals surface area contributed by atoms with Gasteiger partial charge in [-0.1, -0.05) is 12.7 Å². The largest absolute Gasteiger partial charge is 0.237 e. The van der Waals surface area contributed by atoms with Gasteiger partial charge in [-0.15, -0.1) is 0 Å². The van der Waals surface area contributed by atoms with Crippen LogP contribution in [0.1, 0.15) is 16.8 Å². The van der Waals surface area contributed by atoms with Gasteiger partial charge < -0.3 is 0 Å². The molecule has 0 bridgehead atoms. The van der Waals surface area contributed by atoms with Crippen molar-refractivity contribution in [1.82, 2.24) is 14.8 Å². The van der Waals surface area contributed by atoms with Crippen LogP contribution in [-0.2, 0) is 0 Å². The zero-order valence-corrected chi connectivity index (χ0v) is 8.88. The highest BCUT2D eigenvalue weighted by Crippen LogP contribution is 2.10. The Morgan fingerprint density at radius 2 is 2.31 bits per heavy atom. The molecule has 4 nitrogen and oxygen atoms in total. The van der Waals surface area contributed by atoms with E-state index in [-0.39, 0.29) is 0 Å². The molecule has 4 heteroatoms. The minimum Gasteiger partial charge on any atom is -0.237 e. The Balaban J connectivity index is 2.43. The molecule has 0 unspecified atom stereocenters. The van der Waals surface area contributed by atoms with E-state index in [0.717, 1.165) is 5.56 Å². The fourth-order valence-electron chi connectivity index (χ4n) is 1.34. The Kier molecular flexibility index (Phi) is 2.52. The predicted molar refractivity (Wildman–Crippen MR) is 60.9 cm³/mol. The van der Waals surface area contributed by atoms with Crippen molar-refractivity contribution in [2.45, 2.75) is 6.92 Å². The molecule has 0 aliphatic heterocycles. The van der Waals surface area contributed by atoms with Gasteiger partial charge in [-0.25, -0.2) is 9.67 Å². The summed E-state index contributed by atoms with van der Waals surface area (Å²) in [6.45, 7) is 5.46. The molecule has 0 aromatic carbocycles. The van der Waals surface area contributed by atoms with Crippen molar-refractivity contribution in [3.05, 3.63) is 47.9 Å². The van der Waals surface area contributed by atoms with E-state index >= 15 is 0 Å². The summed E-state index contributed by atoms with van der Waals surface area (Å²) in [6, 6.07) is 5.82. The maximum Gasteiger partial charge on any atom is 0.153 e. The molecule has 2 aromatic heterocycles. The van der Waals surface area contributed by atoms with Crippen LogP contribution in [-0.4, -0.2) is 14.8 Å². The molecule has 0 aliphatic carbocycles. The van der Waals surface area contributed by atoms with Gasteiger partial charge in [0.05, 0.1) is 17.5 Å². The maximum atomic E-state index is 8.82. The van der Waals surface area contributed by atoms with Gasteiger partial charge in [0.25, 0.3) is 0 Å². The van der Waals surface area contributed by atoms with Crippen molar-refractivity contribution in [3.63, 3.8) is 0 Å². The lowest BCUT2D eigenvalue weighted by molar-refractivity contribution is 0.832. The molecule has 2 aromatic rings. The molecule has 0 amide bonds. The Bertz CT molecular complexity index is 558. The van der Waals surface area contributed by atoms with Gasteiger partial charge in [-0.2, -0.15) is 10.4 Å². The molecular formula is C12H10N4. The first-order valence-corrected chi connectivity index (χ1v) is 4.80. The molecule has 16 heavy (non-hydrogen) atoms. The molecule has 2 rings (SSSR count). The molecule has 2 heterocycles. The van der Waals surface area contributed by atoms with Crippen molar-refractivity contribution < 1.29 is 0 Å². The lowest BCUT2D eigenvalue weighted by Gasteiger charge is -1.99. The second-order valence-corrected chi connectivity index (χ2v) is 3.34. The number of nitriles is 1. The summed E-state index contributed by atoms with van der Waals surface area (Å²) in [7, 11) is 0. The molecular weight excluding hydrogens is 200 g/mol. The van der Waals surface area contributed by atoms with Crippen molar-refractivity contribution >= 4 is 6.08 Å². The van der Waals surface area contributed by atoms with E-state index in [0.29, 0.717) is 17.1 Å². The molecule has 0 atom stereocenters. The Hall–Kier alpha value is -2.41. The molecule has 0 fully saturated rings. The minimum absolute atomic E-state index is 0.564. The topological polar surface area (TPSA) is 54.5 Å². The van der Waals surface area contributed by atoms with Crippen molar-refractivity contribution in [1.29, 1.82) is 5.26 Å². The van der Waals surface area contributed by atoms with E-state index in [1.54, 1.807) is 30.1 Å². The predicted octanol–water partition coefficient (Wildman–Crippen LogP) is 2.09. The lowest BCUT2D eigenvalue weighted by atomic mass is 10.3. The van der Waals surface area contributed by atoms with E-state index in [1.165, 1.54) is 0 Å². The average molecular weight is 210 g/mol. The van der Waals surface area contributed by atoms with E-state index in [4.69, 9.17) is 5.26 Å². The summed E-state index contributed by atoms with van der Waals surface area (Å²) < 4.78 is 1.60. The third-order valence-electron chi connectivity index (χ3n) is 2.26. The van der Waals surface area contributed by atoms with Crippen LogP contribution in [0.15, 0.2) is 31.1 Å². The van der Waals surface area contributed by atoms with Crippen LogP contribution in [0, 0.1) is 18.3 Å². The number of aromatic nitrogens is 3. The van der Waals surface area contributed by atoms with Gasteiger partial charge in [-0.05, 0) is 24.6 Å². The van der Waals surface area contributed by atoms with E-state index in [9.17, 15) is 0 Å². The van der Waals surface area contributed by atoms with Gasteiger partial charge >= 0.3 is 0 Å². The quantitative estimate of drug-likeness (QED) is 0.762. The van der Waals surface area contributed by atoms with Gasteiger partial charge in [-0.3, -0.25) is 0 Å². The first-order valence-electron chi connectivity index (χ1n) is 4.80. The van der Waals surface area contributed by atoms with Crippen LogP contribution in [0.3, 0.4) is 0 Å². The number of pyridine rings is 1. The highest BCUT2D eigenvalue weighted by molar-refractivity contribution is 5.46.